The van der Waals surface area contributed by atoms with Gasteiger partial charge in [0.15, 0.2) is 0 Å². The van der Waals surface area contributed by atoms with Crippen molar-refractivity contribution in [1.29, 1.82) is 0 Å². The molecule has 10 heavy (non-hydrogen) atoms. The van der Waals surface area contributed by atoms with E-state index in [9.17, 15) is 0 Å². The molecule has 0 unspecified atom stereocenters. The molecule has 0 spiro atoms. The Kier molecular flexibility index (Phi) is 25.4. The van der Waals surface area contributed by atoms with E-state index in [-0.39, 0.29) is 63.6 Å². The monoisotopic (exact) mass is 309 g/mol. The van der Waals surface area contributed by atoms with Crippen molar-refractivity contribution in [2.24, 2.45) is 0 Å². The van der Waals surface area contributed by atoms with Gasteiger partial charge in [-0.1, -0.05) is 30.9 Å². The Hall–Kier alpha value is 2.37. The molecule has 0 aromatic rings. The van der Waals surface area contributed by atoms with Crippen molar-refractivity contribution in [2.75, 3.05) is 12.3 Å². The third-order valence-corrected chi connectivity index (χ3v) is 1.79. The molecule has 1 N–H and O–H groups in total. The van der Waals surface area contributed by atoms with E-state index in [0.717, 1.165) is 16.6 Å². The average molecular weight is 309 g/mol. The molecule has 0 aliphatic heterocycles. The molecule has 0 bridgehead atoms. The fraction of sp³-hybridized carbons (Fsp3) is 0.800. The van der Waals surface area contributed by atoms with E-state index in [1.165, 1.54) is 0 Å². The van der Waals surface area contributed by atoms with Gasteiger partial charge in [0.2, 0.25) is 0 Å². The molecule has 0 saturated heterocycles. The molecular weight excluding hydrogens is 293 g/mol. The van der Waals surface area contributed by atoms with Crippen molar-refractivity contribution in [2.45, 2.75) is 13.8 Å². The Morgan fingerprint density at radius 1 is 1.50 bits per heavy atom. The minimum atomic E-state index is 0. The first-order valence-corrected chi connectivity index (χ1v) is 4.11. The first kappa shape index (κ1) is 18.2. The van der Waals surface area contributed by atoms with E-state index in [1.54, 1.807) is 11.8 Å². The zero-order valence-electron chi connectivity index (χ0n) is 5.23. The van der Waals surface area contributed by atoms with E-state index in [0.29, 0.717) is 0 Å². The predicted molar refractivity (Wildman–Crippen MR) is 62.9 cm³/mol. The van der Waals surface area contributed by atoms with Gasteiger partial charge in [-0.2, -0.15) is 0 Å². The third kappa shape index (κ3) is 13.0. The van der Waals surface area contributed by atoms with Gasteiger partial charge in [0, 0.05) is 6.54 Å². The summed E-state index contributed by atoms with van der Waals surface area (Å²) in [6, 6.07) is 0. The summed E-state index contributed by atoms with van der Waals surface area (Å²) in [5.74, 6) is 1.06. The molecule has 0 heterocycles. The summed E-state index contributed by atoms with van der Waals surface area (Å²) in [6.45, 7) is 5.07. The van der Waals surface area contributed by atoms with Gasteiger partial charge in [-0.15, -0.1) is 0 Å². The van der Waals surface area contributed by atoms with Crippen molar-refractivity contribution in [3.8, 4) is 0 Å². The fourth-order valence-electron chi connectivity index (χ4n) is 0.326. The van der Waals surface area contributed by atoms with Gasteiger partial charge in [-0.25, -0.2) is 0 Å². The van der Waals surface area contributed by atoms with Gasteiger partial charge in [0.1, 0.15) is 4.32 Å². The van der Waals surface area contributed by atoms with Crippen LogP contribution in [0, 0.1) is 0 Å². The van der Waals surface area contributed by atoms with Gasteiger partial charge >= 0.3 is 63.6 Å². The normalized spacial score (nSPS) is 7.00. The van der Waals surface area contributed by atoms with E-state index in [2.05, 4.69) is 12.2 Å². The number of thioether (sulfide) groups is 1. The molecule has 0 aromatic carbocycles. The van der Waals surface area contributed by atoms with Crippen molar-refractivity contribution in [3.63, 3.8) is 0 Å². The van der Waals surface area contributed by atoms with Crippen LogP contribution < -0.4 is 5.32 Å². The quantitative estimate of drug-likeness (QED) is 0.547. The van der Waals surface area contributed by atoms with Gasteiger partial charge in [-0.3, -0.25) is 0 Å². The second kappa shape index (κ2) is 13.9. The molecule has 0 radical (unpaired) electrons. The molecule has 0 aliphatic rings. The average Bonchev–Trinajstić information content (AvgIpc) is 1.68. The maximum atomic E-state index is 4.90. The van der Waals surface area contributed by atoms with Crippen molar-refractivity contribution < 1.29 is 0 Å². The van der Waals surface area contributed by atoms with Gasteiger partial charge in [-0.05, 0) is 12.7 Å². The summed E-state index contributed by atoms with van der Waals surface area (Å²) in [5, 5.41) is 3.04. The molecule has 0 rings (SSSR count). The van der Waals surface area contributed by atoms with Crippen LogP contribution in [0.2, 0.25) is 0 Å². The van der Waals surface area contributed by atoms with E-state index in [1.807, 2.05) is 6.92 Å². The number of rotatable bonds is 2. The van der Waals surface area contributed by atoms with Crippen LogP contribution in [-0.2, 0) is 0 Å². The number of hydrogen-bond acceptors (Lipinski definition) is 2. The van der Waals surface area contributed by atoms with Crippen LogP contribution >= 0.6 is 24.0 Å². The molecule has 1 nitrogen and oxygen atoms in total. The Bertz CT molecular complexity index is 74.0. The zero-order chi connectivity index (χ0) is 6.41. The summed E-state index contributed by atoms with van der Waals surface area (Å²) in [5.41, 5.74) is 0. The van der Waals surface area contributed by atoms with Crippen molar-refractivity contribution in [3.05, 3.63) is 0 Å². The summed E-state index contributed by atoms with van der Waals surface area (Å²) < 4.78 is 0.912. The molecular formula is C5H16CaInNS2. The van der Waals surface area contributed by atoms with Crippen LogP contribution in [0.25, 0.3) is 0 Å². The molecule has 0 fully saturated rings. The summed E-state index contributed by atoms with van der Waals surface area (Å²) >= 11 is 6.58. The standard InChI is InChI=1S/C5H11NS2.Ca.In.5H/c1-3-6-5(7)8-4-2;;;;;;;/h3-4H2,1-2H3,(H,6,7);;;;;;;. The van der Waals surface area contributed by atoms with Crippen molar-refractivity contribution in [1.82, 2.24) is 5.32 Å². The zero-order valence-corrected chi connectivity index (χ0v) is 6.86. The minimum absolute atomic E-state index is 0. The van der Waals surface area contributed by atoms with Crippen LogP contribution in [0.4, 0.5) is 0 Å². The van der Waals surface area contributed by atoms with E-state index in [4.69, 9.17) is 12.2 Å². The Labute approximate surface area is 121 Å². The SMILES string of the molecule is CCNC(=S)SCC.[CaH2].[InH3]. The molecule has 0 amide bonds. The summed E-state index contributed by atoms with van der Waals surface area (Å²) in [4.78, 5) is 0. The Morgan fingerprint density at radius 3 is 2.30 bits per heavy atom. The van der Waals surface area contributed by atoms with Gasteiger partial charge < -0.3 is 5.32 Å². The fourth-order valence-corrected chi connectivity index (χ4v) is 1.33. The van der Waals surface area contributed by atoms with E-state index >= 15 is 0 Å². The van der Waals surface area contributed by atoms with Gasteiger partial charge in [0.25, 0.3) is 0 Å². The molecule has 5 heteroatoms. The third-order valence-electron chi connectivity index (χ3n) is 0.597. The van der Waals surface area contributed by atoms with Crippen LogP contribution in [-0.4, -0.2) is 80.2 Å². The van der Waals surface area contributed by atoms with Crippen LogP contribution in [0.1, 0.15) is 13.8 Å². The van der Waals surface area contributed by atoms with Crippen LogP contribution in [0.3, 0.4) is 0 Å². The maximum absolute atomic E-state index is 4.90. The molecule has 0 aromatic heterocycles. The van der Waals surface area contributed by atoms with Crippen LogP contribution in [0.5, 0.6) is 0 Å². The second-order valence-electron chi connectivity index (χ2n) is 1.25. The van der Waals surface area contributed by atoms with Gasteiger partial charge in [0.05, 0.1) is 0 Å². The summed E-state index contributed by atoms with van der Waals surface area (Å²) in [7, 11) is 0. The van der Waals surface area contributed by atoms with Crippen LogP contribution in [0.15, 0.2) is 0 Å². The number of hydrogen-bond donors (Lipinski definition) is 1. The molecule has 0 aliphatic carbocycles. The Morgan fingerprint density at radius 2 is 2.00 bits per heavy atom. The van der Waals surface area contributed by atoms with E-state index < -0.39 is 0 Å². The molecule has 58 valence electrons. The number of nitrogens with one attached hydrogen (secondary N) is 1. The second-order valence-corrected chi connectivity index (χ2v) is 3.19. The number of thiocarbonyl (C=S) groups is 1. The predicted octanol–water partition coefficient (Wildman–Crippen LogP) is -0.466. The first-order valence-electron chi connectivity index (χ1n) is 2.71. The molecule has 0 atom stereocenters. The molecule has 0 saturated carbocycles. The van der Waals surface area contributed by atoms with Crippen molar-refractivity contribution >= 4 is 91.9 Å². The topological polar surface area (TPSA) is 12.0 Å². The Balaban J connectivity index is -0.000000245. The first-order chi connectivity index (χ1) is 3.81. The summed E-state index contributed by atoms with van der Waals surface area (Å²) in [6.07, 6.45) is 0.